The second kappa shape index (κ2) is 4.75. The summed E-state index contributed by atoms with van der Waals surface area (Å²) in [5, 5.41) is 0. The second-order valence-corrected chi connectivity index (χ2v) is 5.48. The van der Waals surface area contributed by atoms with Crippen LogP contribution in [-0.2, 0) is 14.3 Å². The van der Waals surface area contributed by atoms with E-state index in [4.69, 9.17) is 9.47 Å². The molecule has 17 heavy (non-hydrogen) atoms. The molecule has 2 rings (SSSR count). The van der Waals surface area contributed by atoms with E-state index in [1.54, 1.807) is 0 Å². The zero-order valence-corrected chi connectivity index (χ0v) is 10.7. The first kappa shape index (κ1) is 12.5. The Hall–Kier alpha value is -0.930. The molecule has 3 heteroatoms. The SMILES string of the molecule is CC1=C(C2OCC(C=O)CO2)C(C)(C)CC=C1. The van der Waals surface area contributed by atoms with Gasteiger partial charge < -0.3 is 14.3 Å². The summed E-state index contributed by atoms with van der Waals surface area (Å²) in [5.41, 5.74) is 2.50. The molecule has 1 heterocycles. The molecule has 0 N–H and O–H groups in total. The molecule has 1 fully saturated rings. The van der Waals surface area contributed by atoms with Crippen molar-refractivity contribution in [1.29, 1.82) is 0 Å². The van der Waals surface area contributed by atoms with Crippen LogP contribution in [0.25, 0.3) is 0 Å². The van der Waals surface area contributed by atoms with E-state index in [9.17, 15) is 4.79 Å². The summed E-state index contributed by atoms with van der Waals surface area (Å²) >= 11 is 0. The topological polar surface area (TPSA) is 35.5 Å². The minimum atomic E-state index is -0.286. The van der Waals surface area contributed by atoms with Crippen LogP contribution in [0.15, 0.2) is 23.3 Å². The maximum atomic E-state index is 10.7. The summed E-state index contributed by atoms with van der Waals surface area (Å²) in [7, 11) is 0. The number of allylic oxidation sites excluding steroid dienone is 3. The Morgan fingerprint density at radius 2 is 2.00 bits per heavy atom. The van der Waals surface area contributed by atoms with Crippen LogP contribution in [0, 0.1) is 11.3 Å². The fourth-order valence-electron chi connectivity index (χ4n) is 2.53. The quantitative estimate of drug-likeness (QED) is 0.691. The highest BCUT2D eigenvalue weighted by atomic mass is 16.7. The number of hydrogen-bond acceptors (Lipinski definition) is 3. The molecule has 1 saturated heterocycles. The van der Waals surface area contributed by atoms with Crippen LogP contribution in [-0.4, -0.2) is 25.8 Å². The Balaban J connectivity index is 2.16. The predicted molar refractivity (Wildman–Crippen MR) is 65.5 cm³/mol. The lowest BCUT2D eigenvalue weighted by atomic mass is 9.75. The average molecular weight is 236 g/mol. The standard InChI is InChI=1S/C14H20O3/c1-10-5-4-6-14(2,3)12(10)13-16-8-11(7-15)9-17-13/h4-5,7,11,13H,6,8-9H2,1-3H3. The highest BCUT2D eigenvalue weighted by molar-refractivity contribution is 5.54. The lowest BCUT2D eigenvalue weighted by Gasteiger charge is -2.38. The summed E-state index contributed by atoms with van der Waals surface area (Å²) < 4.78 is 11.4. The maximum absolute atomic E-state index is 10.7. The van der Waals surface area contributed by atoms with Crippen molar-refractivity contribution < 1.29 is 14.3 Å². The number of rotatable bonds is 2. The molecule has 0 aromatic heterocycles. The Morgan fingerprint density at radius 3 is 2.53 bits per heavy atom. The minimum absolute atomic E-state index is 0.0670. The molecule has 3 nitrogen and oxygen atoms in total. The van der Waals surface area contributed by atoms with Gasteiger partial charge in [-0.1, -0.05) is 26.0 Å². The fraction of sp³-hybridized carbons (Fsp3) is 0.643. The largest absolute Gasteiger partial charge is 0.348 e. The van der Waals surface area contributed by atoms with E-state index in [0.717, 1.165) is 12.7 Å². The predicted octanol–water partition coefficient (Wildman–Crippen LogP) is 2.48. The van der Waals surface area contributed by atoms with E-state index in [1.165, 1.54) is 11.1 Å². The van der Waals surface area contributed by atoms with Gasteiger partial charge in [0.15, 0.2) is 6.29 Å². The molecular formula is C14H20O3. The Labute approximate surface area is 102 Å². The van der Waals surface area contributed by atoms with E-state index >= 15 is 0 Å². The van der Waals surface area contributed by atoms with Crippen molar-refractivity contribution in [2.24, 2.45) is 11.3 Å². The van der Waals surface area contributed by atoms with Crippen molar-refractivity contribution in [3.05, 3.63) is 23.3 Å². The number of carbonyl (C=O) groups is 1. The molecule has 0 atom stereocenters. The fourth-order valence-corrected chi connectivity index (χ4v) is 2.53. The van der Waals surface area contributed by atoms with Crippen molar-refractivity contribution in [3.63, 3.8) is 0 Å². The first-order chi connectivity index (χ1) is 8.04. The van der Waals surface area contributed by atoms with Gasteiger partial charge in [-0.25, -0.2) is 0 Å². The number of ether oxygens (including phenoxy) is 2. The molecule has 94 valence electrons. The van der Waals surface area contributed by atoms with Crippen LogP contribution in [0.1, 0.15) is 27.2 Å². The molecule has 2 aliphatic rings. The van der Waals surface area contributed by atoms with E-state index in [2.05, 4.69) is 32.9 Å². The van der Waals surface area contributed by atoms with Crippen LogP contribution < -0.4 is 0 Å². The second-order valence-electron chi connectivity index (χ2n) is 5.48. The van der Waals surface area contributed by atoms with Gasteiger partial charge in [0.1, 0.15) is 6.29 Å². The molecule has 0 unspecified atom stereocenters. The summed E-state index contributed by atoms with van der Waals surface area (Å²) in [6.07, 6.45) is 5.93. The molecule has 1 aliphatic carbocycles. The molecule has 0 aromatic rings. The zero-order valence-electron chi connectivity index (χ0n) is 10.7. The van der Waals surface area contributed by atoms with Crippen molar-refractivity contribution in [3.8, 4) is 0 Å². The third-order valence-electron chi connectivity index (χ3n) is 3.50. The normalized spacial score (nSPS) is 32.6. The number of hydrogen-bond donors (Lipinski definition) is 0. The molecule has 0 bridgehead atoms. The van der Waals surface area contributed by atoms with Gasteiger partial charge in [-0.05, 0) is 29.9 Å². The Morgan fingerprint density at radius 1 is 1.35 bits per heavy atom. The summed E-state index contributed by atoms with van der Waals surface area (Å²) in [4.78, 5) is 10.7. The van der Waals surface area contributed by atoms with Gasteiger partial charge in [0.2, 0.25) is 0 Å². The van der Waals surface area contributed by atoms with Crippen LogP contribution in [0.4, 0.5) is 0 Å². The summed E-state index contributed by atoms with van der Waals surface area (Å²) in [6.45, 7) is 7.42. The monoisotopic (exact) mass is 236 g/mol. The maximum Gasteiger partial charge on any atom is 0.180 e. The third-order valence-corrected chi connectivity index (χ3v) is 3.50. The zero-order chi connectivity index (χ0) is 12.5. The van der Waals surface area contributed by atoms with Crippen LogP contribution >= 0.6 is 0 Å². The highest BCUT2D eigenvalue weighted by Gasteiger charge is 2.35. The summed E-state index contributed by atoms with van der Waals surface area (Å²) in [5.74, 6) is -0.116. The molecule has 0 saturated carbocycles. The minimum Gasteiger partial charge on any atom is -0.348 e. The van der Waals surface area contributed by atoms with E-state index in [0.29, 0.717) is 13.2 Å². The highest BCUT2D eigenvalue weighted by Crippen LogP contribution is 2.40. The van der Waals surface area contributed by atoms with Gasteiger partial charge in [0.25, 0.3) is 0 Å². The van der Waals surface area contributed by atoms with Crippen molar-refractivity contribution in [2.75, 3.05) is 13.2 Å². The number of aldehydes is 1. The molecular weight excluding hydrogens is 216 g/mol. The van der Waals surface area contributed by atoms with Crippen molar-refractivity contribution >= 4 is 6.29 Å². The first-order valence-corrected chi connectivity index (χ1v) is 6.11. The van der Waals surface area contributed by atoms with Crippen molar-refractivity contribution in [2.45, 2.75) is 33.5 Å². The smallest absolute Gasteiger partial charge is 0.180 e. The van der Waals surface area contributed by atoms with Gasteiger partial charge >= 0.3 is 0 Å². The average Bonchev–Trinajstić information content (AvgIpc) is 2.28. The van der Waals surface area contributed by atoms with Gasteiger partial charge in [-0.3, -0.25) is 0 Å². The molecule has 1 aliphatic heterocycles. The third kappa shape index (κ3) is 2.50. The van der Waals surface area contributed by atoms with E-state index in [-0.39, 0.29) is 17.6 Å². The molecule has 0 radical (unpaired) electrons. The van der Waals surface area contributed by atoms with E-state index in [1.807, 2.05) is 0 Å². The van der Waals surface area contributed by atoms with Gasteiger partial charge in [0.05, 0.1) is 19.1 Å². The molecule has 0 spiro atoms. The first-order valence-electron chi connectivity index (χ1n) is 6.11. The van der Waals surface area contributed by atoms with Gasteiger partial charge in [-0.2, -0.15) is 0 Å². The van der Waals surface area contributed by atoms with Gasteiger partial charge in [-0.15, -0.1) is 0 Å². The summed E-state index contributed by atoms with van der Waals surface area (Å²) in [6, 6.07) is 0. The van der Waals surface area contributed by atoms with Crippen LogP contribution in [0.5, 0.6) is 0 Å². The van der Waals surface area contributed by atoms with Crippen LogP contribution in [0.3, 0.4) is 0 Å². The number of carbonyl (C=O) groups excluding carboxylic acids is 1. The Kier molecular flexibility index (Phi) is 3.50. The van der Waals surface area contributed by atoms with Gasteiger partial charge in [0, 0.05) is 0 Å². The molecule has 0 amide bonds. The van der Waals surface area contributed by atoms with Crippen molar-refractivity contribution in [1.82, 2.24) is 0 Å². The van der Waals surface area contributed by atoms with Crippen LogP contribution in [0.2, 0.25) is 0 Å². The Bertz CT molecular complexity index is 358. The lowest BCUT2D eigenvalue weighted by Crippen LogP contribution is -2.38. The van der Waals surface area contributed by atoms with E-state index < -0.39 is 0 Å². The lowest BCUT2D eigenvalue weighted by molar-refractivity contribution is -0.184. The molecule has 0 aromatic carbocycles.